The Balaban J connectivity index is 1.71. The van der Waals surface area contributed by atoms with E-state index in [2.05, 4.69) is 30.3 Å². The van der Waals surface area contributed by atoms with Crippen LogP contribution in [-0.2, 0) is 0 Å². The third-order valence-corrected chi connectivity index (χ3v) is 4.98. The van der Waals surface area contributed by atoms with E-state index in [1.54, 1.807) is 0 Å². The molecule has 26 heavy (non-hydrogen) atoms. The van der Waals surface area contributed by atoms with Crippen molar-refractivity contribution in [1.82, 2.24) is 0 Å². The number of fused-ring (bicyclic) bond motifs is 6. The molecule has 0 unspecified atom stereocenters. The van der Waals surface area contributed by atoms with Gasteiger partial charge in [0.15, 0.2) is 0 Å². The first-order valence-corrected chi connectivity index (χ1v) is 8.63. The highest BCUT2D eigenvalue weighted by atomic mass is 16.3. The molecule has 0 aliphatic heterocycles. The predicted molar refractivity (Wildman–Crippen MR) is 105 cm³/mol. The largest absolute Gasteiger partial charge is 0.456 e. The summed E-state index contributed by atoms with van der Waals surface area (Å²) in [6.07, 6.45) is 0. The molecule has 121 valence electrons. The van der Waals surface area contributed by atoms with Gasteiger partial charge < -0.3 is 8.83 Å². The quantitative estimate of drug-likeness (QED) is 0.325. The Labute approximate surface area is 149 Å². The van der Waals surface area contributed by atoms with Crippen LogP contribution in [-0.4, -0.2) is 0 Å². The molecule has 2 nitrogen and oxygen atoms in total. The van der Waals surface area contributed by atoms with Gasteiger partial charge in [-0.15, -0.1) is 0 Å². The van der Waals surface area contributed by atoms with Gasteiger partial charge in [-0.25, -0.2) is 0 Å². The number of furan rings is 2. The lowest BCUT2D eigenvalue weighted by Gasteiger charge is -2.03. The Hall–Kier alpha value is -3.52. The van der Waals surface area contributed by atoms with E-state index >= 15 is 0 Å². The van der Waals surface area contributed by atoms with Crippen LogP contribution in [0.3, 0.4) is 0 Å². The Kier molecular flexibility index (Phi) is 2.64. The Morgan fingerprint density at radius 2 is 1.23 bits per heavy atom. The highest BCUT2D eigenvalue weighted by Gasteiger charge is 2.14. The lowest BCUT2D eigenvalue weighted by atomic mass is 9.98. The summed E-state index contributed by atoms with van der Waals surface area (Å²) in [6, 6.07) is 30.1. The summed E-state index contributed by atoms with van der Waals surface area (Å²) in [4.78, 5) is 0. The van der Waals surface area contributed by atoms with E-state index in [1.165, 1.54) is 0 Å². The van der Waals surface area contributed by atoms with Gasteiger partial charge in [0.05, 0.1) is 0 Å². The lowest BCUT2D eigenvalue weighted by molar-refractivity contribution is 0.669. The number of hydrogen-bond acceptors (Lipinski definition) is 2. The molecule has 0 amide bonds. The summed E-state index contributed by atoms with van der Waals surface area (Å²) in [7, 11) is 0. The maximum Gasteiger partial charge on any atom is 0.136 e. The first kappa shape index (κ1) is 13.7. The second kappa shape index (κ2) is 4.99. The zero-order chi connectivity index (χ0) is 17.1. The van der Waals surface area contributed by atoms with Crippen LogP contribution in [0, 0.1) is 6.07 Å². The van der Waals surface area contributed by atoms with Crippen LogP contribution in [0.15, 0.2) is 87.7 Å². The third-order valence-electron chi connectivity index (χ3n) is 4.98. The van der Waals surface area contributed by atoms with Crippen LogP contribution < -0.4 is 0 Å². The van der Waals surface area contributed by atoms with Gasteiger partial charge in [-0.2, -0.15) is 0 Å². The molecule has 0 spiro atoms. The summed E-state index contributed by atoms with van der Waals surface area (Å²) in [5, 5.41) is 4.37. The van der Waals surface area contributed by atoms with Crippen LogP contribution in [0.1, 0.15) is 0 Å². The van der Waals surface area contributed by atoms with Crippen molar-refractivity contribution in [1.29, 1.82) is 0 Å². The summed E-state index contributed by atoms with van der Waals surface area (Å²) >= 11 is 0. The van der Waals surface area contributed by atoms with E-state index in [-0.39, 0.29) is 0 Å². The molecule has 4 aromatic carbocycles. The van der Waals surface area contributed by atoms with Crippen LogP contribution >= 0.6 is 0 Å². The van der Waals surface area contributed by atoms with Crippen molar-refractivity contribution in [3.8, 4) is 11.1 Å². The normalized spacial score (nSPS) is 11.8. The van der Waals surface area contributed by atoms with E-state index in [4.69, 9.17) is 8.83 Å². The molecular weight excluding hydrogens is 320 g/mol. The summed E-state index contributed by atoms with van der Waals surface area (Å²) in [5.74, 6) is 0. The van der Waals surface area contributed by atoms with Crippen LogP contribution in [0.5, 0.6) is 0 Å². The van der Waals surface area contributed by atoms with Crippen molar-refractivity contribution in [3.63, 3.8) is 0 Å². The second-order valence-corrected chi connectivity index (χ2v) is 6.49. The van der Waals surface area contributed by atoms with Crippen LogP contribution in [0.2, 0.25) is 0 Å². The summed E-state index contributed by atoms with van der Waals surface area (Å²) in [6.45, 7) is 0. The Morgan fingerprint density at radius 3 is 2.12 bits per heavy atom. The Morgan fingerprint density at radius 1 is 0.538 bits per heavy atom. The molecule has 0 bridgehead atoms. The Bertz CT molecular complexity index is 1430. The molecule has 0 saturated heterocycles. The highest BCUT2D eigenvalue weighted by Crippen LogP contribution is 2.38. The third kappa shape index (κ3) is 1.81. The van der Waals surface area contributed by atoms with E-state index < -0.39 is 0 Å². The van der Waals surface area contributed by atoms with Crippen LogP contribution in [0.25, 0.3) is 55.0 Å². The van der Waals surface area contributed by atoms with Gasteiger partial charge in [-0.05, 0) is 41.5 Å². The van der Waals surface area contributed by atoms with Gasteiger partial charge in [0, 0.05) is 27.6 Å². The number of rotatable bonds is 1. The molecule has 1 radical (unpaired) electrons. The summed E-state index contributed by atoms with van der Waals surface area (Å²) in [5.41, 5.74) is 5.72. The lowest BCUT2D eigenvalue weighted by Crippen LogP contribution is -1.80. The summed E-state index contributed by atoms with van der Waals surface area (Å²) < 4.78 is 12.0. The average Bonchev–Trinajstić information content (AvgIpc) is 3.25. The zero-order valence-corrected chi connectivity index (χ0v) is 13.8. The standard InChI is InChI=1S/C24H13O2/c1-3-9-20-17(6-1)19-14-15(12-13-22(19)25-20)16-8-5-11-23-24(16)18-7-2-4-10-21(18)26-23/h1-13H. The number of hydrogen-bond donors (Lipinski definition) is 0. The molecule has 6 aromatic rings. The van der Waals surface area contributed by atoms with Crippen LogP contribution in [0.4, 0.5) is 0 Å². The predicted octanol–water partition coefficient (Wildman–Crippen LogP) is 6.95. The minimum atomic E-state index is 0.860. The minimum absolute atomic E-state index is 0.860. The zero-order valence-electron chi connectivity index (χ0n) is 13.8. The fourth-order valence-corrected chi connectivity index (χ4v) is 3.80. The van der Waals surface area contributed by atoms with Crippen molar-refractivity contribution in [2.75, 3.05) is 0 Å². The number of para-hydroxylation sites is 2. The first-order valence-electron chi connectivity index (χ1n) is 8.63. The van der Waals surface area contributed by atoms with E-state index in [0.717, 1.165) is 55.0 Å². The molecular formula is C24H13O2. The smallest absolute Gasteiger partial charge is 0.136 e. The van der Waals surface area contributed by atoms with Gasteiger partial charge in [-0.1, -0.05) is 48.5 Å². The van der Waals surface area contributed by atoms with Crippen molar-refractivity contribution in [2.24, 2.45) is 0 Å². The molecule has 2 aromatic heterocycles. The molecule has 2 heterocycles. The fraction of sp³-hybridized carbons (Fsp3) is 0. The monoisotopic (exact) mass is 333 g/mol. The molecule has 6 rings (SSSR count). The van der Waals surface area contributed by atoms with Crippen molar-refractivity contribution in [2.45, 2.75) is 0 Å². The van der Waals surface area contributed by atoms with Gasteiger partial charge in [0.25, 0.3) is 0 Å². The second-order valence-electron chi connectivity index (χ2n) is 6.49. The topological polar surface area (TPSA) is 26.3 Å². The molecule has 0 fully saturated rings. The van der Waals surface area contributed by atoms with Gasteiger partial charge >= 0.3 is 0 Å². The molecule has 0 saturated carbocycles. The maximum atomic E-state index is 6.02. The maximum absolute atomic E-state index is 6.02. The van der Waals surface area contributed by atoms with Gasteiger partial charge in [-0.3, -0.25) is 0 Å². The first-order chi connectivity index (χ1) is 12.9. The molecule has 0 atom stereocenters. The van der Waals surface area contributed by atoms with Gasteiger partial charge in [0.2, 0.25) is 0 Å². The van der Waals surface area contributed by atoms with Crippen molar-refractivity contribution < 1.29 is 8.83 Å². The number of benzene rings is 4. The molecule has 0 aliphatic carbocycles. The molecule has 0 aliphatic rings. The highest BCUT2D eigenvalue weighted by molar-refractivity contribution is 6.13. The van der Waals surface area contributed by atoms with E-state index in [9.17, 15) is 0 Å². The van der Waals surface area contributed by atoms with Crippen molar-refractivity contribution >= 4 is 43.9 Å². The van der Waals surface area contributed by atoms with E-state index in [1.807, 2.05) is 54.6 Å². The van der Waals surface area contributed by atoms with Gasteiger partial charge in [0.1, 0.15) is 22.3 Å². The molecule has 0 N–H and O–H groups in total. The van der Waals surface area contributed by atoms with Crippen molar-refractivity contribution in [3.05, 3.63) is 84.9 Å². The fourth-order valence-electron chi connectivity index (χ4n) is 3.80. The molecule has 2 heteroatoms. The SMILES string of the molecule is [c]1c(-c2cccc3oc4ccccc4c23)ccc2oc3ccccc3c12. The van der Waals surface area contributed by atoms with E-state index in [0.29, 0.717) is 0 Å². The minimum Gasteiger partial charge on any atom is -0.456 e. The average molecular weight is 333 g/mol.